The summed E-state index contributed by atoms with van der Waals surface area (Å²) in [7, 11) is 0. The van der Waals surface area contributed by atoms with E-state index in [9.17, 15) is 4.79 Å². The summed E-state index contributed by atoms with van der Waals surface area (Å²) in [5, 5.41) is 6.00. The van der Waals surface area contributed by atoms with Crippen LogP contribution >= 0.6 is 0 Å². The monoisotopic (exact) mass is 362 g/mol. The number of anilines is 3. The molecular formula is C20H18N4O3. The van der Waals surface area contributed by atoms with Crippen LogP contribution in [0.2, 0.25) is 0 Å². The SMILES string of the molecule is Cc1cccc(C)c1Nc1nccc(C(=O)Nc2ccc3c(c2)OCO3)n1. The standard InChI is InChI=1S/C20H18N4O3/c1-12-4-3-5-13(2)18(12)24-20-21-9-8-15(23-20)19(25)22-14-6-7-16-17(10-14)27-11-26-16/h3-10H,11H2,1-2H3,(H,22,25)(H,21,23,24). The molecule has 2 aromatic carbocycles. The molecule has 1 amide bonds. The van der Waals surface area contributed by atoms with Crippen molar-refractivity contribution in [2.45, 2.75) is 13.8 Å². The Morgan fingerprint density at radius 3 is 2.63 bits per heavy atom. The lowest BCUT2D eigenvalue weighted by molar-refractivity contribution is 0.102. The Morgan fingerprint density at radius 2 is 1.81 bits per heavy atom. The van der Waals surface area contributed by atoms with Gasteiger partial charge in [-0.25, -0.2) is 9.97 Å². The third-order valence-corrected chi connectivity index (χ3v) is 4.24. The van der Waals surface area contributed by atoms with Crippen LogP contribution in [0, 0.1) is 13.8 Å². The predicted octanol–water partition coefficient (Wildman–Crippen LogP) is 3.82. The molecule has 0 bridgehead atoms. The van der Waals surface area contributed by atoms with Gasteiger partial charge in [0.1, 0.15) is 5.69 Å². The Morgan fingerprint density at radius 1 is 1.04 bits per heavy atom. The number of aromatic nitrogens is 2. The normalized spacial score (nSPS) is 11.9. The van der Waals surface area contributed by atoms with Crippen molar-refractivity contribution in [2.75, 3.05) is 17.4 Å². The highest BCUT2D eigenvalue weighted by molar-refractivity contribution is 6.03. The van der Waals surface area contributed by atoms with Gasteiger partial charge in [-0.15, -0.1) is 0 Å². The molecule has 136 valence electrons. The Kier molecular flexibility index (Phi) is 4.33. The second-order valence-electron chi connectivity index (χ2n) is 6.18. The fourth-order valence-corrected chi connectivity index (χ4v) is 2.84. The van der Waals surface area contributed by atoms with Gasteiger partial charge in [0.2, 0.25) is 12.7 Å². The van der Waals surface area contributed by atoms with Gasteiger partial charge in [0.05, 0.1) is 0 Å². The van der Waals surface area contributed by atoms with E-state index < -0.39 is 0 Å². The average Bonchev–Trinajstić information content (AvgIpc) is 3.13. The first kappa shape index (κ1) is 16.8. The summed E-state index contributed by atoms with van der Waals surface area (Å²) in [4.78, 5) is 21.1. The Hall–Kier alpha value is -3.61. The molecule has 1 aliphatic rings. The van der Waals surface area contributed by atoms with E-state index in [2.05, 4.69) is 20.6 Å². The molecule has 27 heavy (non-hydrogen) atoms. The Balaban J connectivity index is 1.52. The number of hydrogen-bond acceptors (Lipinski definition) is 6. The number of amides is 1. The number of hydrogen-bond donors (Lipinski definition) is 2. The minimum absolute atomic E-state index is 0.187. The summed E-state index contributed by atoms with van der Waals surface area (Å²) in [6, 6.07) is 12.8. The summed E-state index contributed by atoms with van der Waals surface area (Å²) < 4.78 is 10.6. The van der Waals surface area contributed by atoms with E-state index in [1.165, 1.54) is 0 Å². The van der Waals surface area contributed by atoms with E-state index >= 15 is 0 Å². The van der Waals surface area contributed by atoms with Crippen molar-refractivity contribution in [3.8, 4) is 11.5 Å². The molecule has 0 atom stereocenters. The molecule has 0 fully saturated rings. The molecule has 2 N–H and O–H groups in total. The van der Waals surface area contributed by atoms with Crippen LogP contribution in [0.4, 0.5) is 17.3 Å². The van der Waals surface area contributed by atoms with Crippen LogP contribution in [0.3, 0.4) is 0 Å². The number of carbonyl (C=O) groups excluding carboxylic acids is 1. The van der Waals surface area contributed by atoms with Gasteiger partial charge in [-0.1, -0.05) is 18.2 Å². The van der Waals surface area contributed by atoms with Crippen molar-refractivity contribution in [1.29, 1.82) is 0 Å². The minimum atomic E-state index is -0.333. The number of rotatable bonds is 4. The zero-order valence-corrected chi connectivity index (χ0v) is 14.9. The van der Waals surface area contributed by atoms with E-state index in [0.29, 0.717) is 23.1 Å². The van der Waals surface area contributed by atoms with E-state index in [1.807, 2.05) is 32.0 Å². The summed E-state index contributed by atoms with van der Waals surface area (Å²) in [5.74, 6) is 1.30. The zero-order valence-electron chi connectivity index (χ0n) is 14.9. The number of fused-ring (bicyclic) bond motifs is 1. The topological polar surface area (TPSA) is 85.4 Å². The molecule has 0 saturated carbocycles. The molecule has 0 radical (unpaired) electrons. The van der Waals surface area contributed by atoms with Crippen LogP contribution in [0.1, 0.15) is 21.6 Å². The highest BCUT2D eigenvalue weighted by Crippen LogP contribution is 2.34. The first-order valence-corrected chi connectivity index (χ1v) is 8.47. The molecule has 7 nitrogen and oxygen atoms in total. The van der Waals surface area contributed by atoms with E-state index in [4.69, 9.17) is 9.47 Å². The van der Waals surface area contributed by atoms with E-state index in [1.54, 1.807) is 30.5 Å². The predicted molar refractivity (Wildman–Crippen MR) is 102 cm³/mol. The van der Waals surface area contributed by atoms with Crippen LogP contribution in [0.25, 0.3) is 0 Å². The van der Waals surface area contributed by atoms with Crippen molar-refractivity contribution in [3.63, 3.8) is 0 Å². The van der Waals surface area contributed by atoms with Crippen LogP contribution in [0.15, 0.2) is 48.7 Å². The van der Waals surface area contributed by atoms with Crippen LogP contribution < -0.4 is 20.1 Å². The van der Waals surface area contributed by atoms with Crippen LogP contribution in [-0.2, 0) is 0 Å². The number of nitrogens with one attached hydrogen (secondary N) is 2. The molecule has 0 spiro atoms. The molecule has 3 aromatic rings. The maximum atomic E-state index is 12.6. The third kappa shape index (κ3) is 3.52. The number of carbonyl (C=O) groups is 1. The van der Waals surface area contributed by atoms with Crippen molar-refractivity contribution in [2.24, 2.45) is 0 Å². The zero-order chi connectivity index (χ0) is 18.8. The van der Waals surface area contributed by atoms with Crippen molar-refractivity contribution >= 4 is 23.2 Å². The lowest BCUT2D eigenvalue weighted by Crippen LogP contribution is -2.15. The quantitative estimate of drug-likeness (QED) is 0.734. The first-order chi connectivity index (χ1) is 13.1. The van der Waals surface area contributed by atoms with E-state index in [-0.39, 0.29) is 18.4 Å². The second kappa shape index (κ2) is 6.95. The molecular weight excluding hydrogens is 344 g/mol. The number of ether oxygens (including phenoxy) is 2. The smallest absolute Gasteiger partial charge is 0.274 e. The van der Waals surface area contributed by atoms with Crippen LogP contribution in [0.5, 0.6) is 11.5 Å². The number of aryl methyl sites for hydroxylation is 2. The summed E-state index contributed by atoms with van der Waals surface area (Å²) >= 11 is 0. The highest BCUT2D eigenvalue weighted by atomic mass is 16.7. The molecule has 0 unspecified atom stereocenters. The molecule has 7 heteroatoms. The van der Waals surface area contributed by atoms with Gasteiger partial charge in [0, 0.05) is 23.6 Å². The molecule has 2 heterocycles. The first-order valence-electron chi connectivity index (χ1n) is 8.47. The maximum Gasteiger partial charge on any atom is 0.274 e. The van der Waals surface area contributed by atoms with Gasteiger partial charge in [-0.2, -0.15) is 0 Å². The molecule has 0 saturated heterocycles. The fourth-order valence-electron chi connectivity index (χ4n) is 2.84. The summed E-state index contributed by atoms with van der Waals surface area (Å²) in [6.07, 6.45) is 1.55. The van der Waals surface area contributed by atoms with Gasteiger partial charge in [-0.05, 0) is 43.2 Å². The molecule has 1 aromatic heterocycles. The van der Waals surface area contributed by atoms with Crippen molar-refractivity contribution < 1.29 is 14.3 Å². The molecule has 1 aliphatic heterocycles. The lowest BCUT2D eigenvalue weighted by Gasteiger charge is -2.12. The van der Waals surface area contributed by atoms with Crippen molar-refractivity contribution in [1.82, 2.24) is 9.97 Å². The minimum Gasteiger partial charge on any atom is -0.454 e. The lowest BCUT2D eigenvalue weighted by atomic mass is 10.1. The Labute approximate surface area is 156 Å². The highest BCUT2D eigenvalue weighted by Gasteiger charge is 2.15. The number of para-hydroxylation sites is 1. The number of benzene rings is 2. The summed E-state index contributed by atoms with van der Waals surface area (Å²) in [5.41, 5.74) is 3.96. The summed E-state index contributed by atoms with van der Waals surface area (Å²) in [6.45, 7) is 4.20. The second-order valence-corrected chi connectivity index (χ2v) is 6.18. The van der Waals surface area contributed by atoms with Gasteiger partial charge < -0.3 is 20.1 Å². The average molecular weight is 362 g/mol. The maximum absolute atomic E-state index is 12.6. The van der Waals surface area contributed by atoms with Crippen LogP contribution in [-0.4, -0.2) is 22.7 Å². The van der Waals surface area contributed by atoms with Crippen molar-refractivity contribution in [3.05, 3.63) is 65.5 Å². The Bertz CT molecular complexity index is 1000. The third-order valence-electron chi connectivity index (χ3n) is 4.24. The van der Waals surface area contributed by atoms with Gasteiger partial charge in [-0.3, -0.25) is 4.79 Å². The van der Waals surface area contributed by atoms with Gasteiger partial charge >= 0.3 is 0 Å². The van der Waals surface area contributed by atoms with Gasteiger partial charge in [0.15, 0.2) is 11.5 Å². The fraction of sp³-hybridized carbons (Fsp3) is 0.150. The van der Waals surface area contributed by atoms with E-state index in [0.717, 1.165) is 16.8 Å². The largest absolute Gasteiger partial charge is 0.454 e. The number of nitrogens with zero attached hydrogens (tertiary/aromatic N) is 2. The molecule has 4 rings (SSSR count). The molecule has 0 aliphatic carbocycles. The van der Waals surface area contributed by atoms with Gasteiger partial charge in [0.25, 0.3) is 5.91 Å².